The molecule has 220 valence electrons. The molecule has 0 radical (unpaired) electrons. The number of halogens is 2. The molecule has 0 aliphatic rings. The third kappa shape index (κ3) is 7.93. The Bertz CT molecular complexity index is 1440. The van der Waals surface area contributed by atoms with Gasteiger partial charge >= 0.3 is 0 Å². The van der Waals surface area contributed by atoms with Gasteiger partial charge in [-0.2, -0.15) is 0 Å². The summed E-state index contributed by atoms with van der Waals surface area (Å²) in [6, 6.07) is 16.9. The van der Waals surface area contributed by atoms with Gasteiger partial charge in [0.15, 0.2) is 0 Å². The van der Waals surface area contributed by atoms with E-state index in [1.54, 1.807) is 61.5 Å². The zero-order chi connectivity index (χ0) is 30.2. The van der Waals surface area contributed by atoms with Gasteiger partial charge in [-0.05, 0) is 56.2 Å². The lowest BCUT2D eigenvalue weighted by Crippen LogP contribution is -2.52. The lowest BCUT2D eigenvalue weighted by molar-refractivity contribution is -0.140. The Labute approximate surface area is 252 Å². The van der Waals surface area contributed by atoms with Gasteiger partial charge < -0.3 is 15.0 Å². The molecule has 0 saturated carbocycles. The molecule has 0 saturated heterocycles. The lowest BCUT2D eigenvalue weighted by atomic mass is 10.1. The molecule has 0 fully saturated rings. The van der Waals surface area contributed by atoms with E-state index in [2.05, 4.69) is 5.32 Å². The van der Waals surface area contributed by atoms with Crippen molar-refractivity contribution in [2.75, 3.05) is 24.5 Å². The maximum Gasteiger partial charge on any atom is 0.264 e. The highest BCUT2D eigenvalue weighted by atomic mass is 35.5. The van der Waals surface area contributed by atoms with E-state index in [1.807, 2.05) is 13.8 Å². The first-order valence-corrected chi connectivity index (χ1v) is 15.5. The fourth-order valence-corrected chi connectivity index (χ4v) is 6.19. The van der Waals surface area contributed by atoms with Gasteiger partial charge in [0.25, 0.3) is 10.0 Å². The maximum atomic E-state index is 14.1. The van der Waals surface area contributed by atoms with Crippen molar-refractivity contribution < 1.29 is 22.7 Å². The van der Waals surface area contributed by atoms with Crippen molar-refractivity contribution in [3.63, 3.8) is 0 Å². The highest BCUT2D eigenvalue weighted by Gasteiger charge is 2.34. The van der Waals surface area contributed by atoms with Crippen LogP contribution in [-0.2, 0) is 26.2 Å². The average molecular weight is 621 g/mol. The number of benzene rings is 3. The summed E-state index contributed by atoms with van der Waals surface area (Å²) in [6.07, 6.45) is 0.998. The smallest absolute Gasteiger partial charge is 0.264 e. The minimum Gasteiger partial charge on any atom is -0.497 e. The molecule has 11 heteroatoms. The van der Waals surface area contributed by atoms with Crippen LogP contribution >= 0.6 is 23.2 Å². The summed E-state index contributed by atoms with van der Waals surface area (Å²) < 4.78 is 34.3. The van der Waals surface area contributed by atoms with E-state index in [4.69, 9.17) is 27.9 Å². The number of carbonyl (C=O) groups excluding carboxylic acids is 2. The van der Waals surface area contributed by atoms with Crippen LogP contribution in [0.3, 0.4) is 0 Å². The molecule has 0 aliphatic carbocycles. The van der Waals surface area contributed by atoms with Gasteiger partial charge in [-0.15, -0.1) is 0 Å². The molecule has 3 aromatic carbocycles. The van der Waals surface area contributed by atoms with Crippen LogP contribution in [0.4, 0.5) is 5.69 Å². The third-order valence-electron chi connectivity index (χ3n) is 6.55. The number of nitrogens with zero attached hydrogens (tertiary/aromatic N) is 2. The van der Waals surface area contributed by atoms with Crippen LogP contribution in [0.25, 0.3) is 0 Å². The number of carbonyl (C=O) groups is 2. The van der Waals surface area contributed by atoms with Gasteiger partial charge in [0.1, 0.15) is 18.3 Å². The predicted octanol–water partition coefficient (Wildman–Crippen LogP) is 5.84. The van der Waals surface area contributed by atoms with E-state index < -0.39 is 28.5 Å². The Morgan fingerprint density at radius 3 is 2.20 bits per heavy atom. The third-order valence-corrected chi connectivity index (χ3v) is 9.05. The fourth-order valence-electron chi connectivity index (χ4n) is 4.27. The Balaban J connectivity index is 2.11. The number of aryl methyl sites for hydroxylation is 1. The van der Waals surface area contributed by atoms with Crippen LogP contribution < -0.4 is 14.4 Å². The van der Waals surface area contributed by atoms with Gasteiger partial charge in [-0.3, -0.25) is 13.9 Å². The van der Waals surface area contributed by atoms with Gasteiger partial charge in [-0.1, -0.05) is 66.9 Å². The molecular formula is C30H35Cl2N3O5S. The van der Waals surface area contributed by atoms with Gasteiger partial charge in [0.05, 0.1) is 17.7 Å². The topological polar surface area (TPSA) is 96.0 Å². The number of rotatable bonds is 13. The Morgan fingerprint density at radius 2 is 1.61 bits per heavy atom. The second kappa shape index (κ2) is 14.6. The predicted molar refractivity (Wildman–Crippen MR) is 163 cm³/mol. The van der Waals surface area contributed by atoms with E-state index in [9.17, 15) is 18.0 Å². The molecule has 0 bridgehead atoms. The number of sulfonamides is 1. The van der Waals surface area contributed by atoms with Crippen LogP contribution in [0.1, 0.15) is 37.8 Å². The molecule has 0 aliphatic heterocycles. The molecule has 8 nitrogen and oxygen atoms in total. The van der Waals surface area contributed by atoms with Gasteiger partial charge in [0.2, 0.25) is 11.8 Å². The first-order chi connectivity index (χ1) is 19.5. The van der Waals surface area contributed by atoms with E-state index in [0.29, 0.717) is 34.3 Å². The van der Waals surface area contributed by atoms with Gasteiger partial charge in [0, 0.05) is 34.8 Å². The van der Waals surface area contributed by atoms with Crippen LogP contribution in [0.15, 0.2) is 71.6 Å². The number of ether oxygens (including phenoxy) is 1. The quantitative estimate of drug-likeness (QED) is 0.259. The van der Waals surface area contributed by atoms with Crippen molar-refractivity contribution >= 4 is 50.7 Å². The second-order valence-electron chi connectivity index (χ2n) is 9.46. The van der Waals surface area contributed by atoms with E-state index in [-0.39, 0.29) is 29.5 Å². The van der Waals surface area contributed by atoms with Crippen molar-refractivity contribution in [2.24, 2.45) is 0 Å². The van der Waals surface area contributed by atoms with Crippen molar-refractivity contribution in [3.8, 4) is 5.75 Å². The molecule has 1 atom stereocenters. The minimum atomic E-state index is -4.20. The van der Waals surface area contributed by atoms with E-state index >= 15 is 0 Å². The highest BCUT2D eigenvalue weighted by molar-refractivity contribution is 7.92. The minimum absolute atomic E-state index is 0.0205. The molecule has 41 heavy (non-hydrogen) atoms. The Kier molecular flexibility index (Phi) is 11.5. The summed E-state index contributed by atoms with van der Waals surface area (Å²) in [5, 5.41) is 3.51. The molecule has 2 amide bonds. The van der Waals surface area contributed by atoms with Crippen molar-refractivity contribution in [1.29, 1.82) is 0 Å². The maximum absolute atomic E-state index is 14.1. The lowest BCUT2D eigenvalue weighted by Gasteiger charge is -2.33. The van der Waals surface area contributed by atoms with Crippen LogP contribution in [-0.4, -0.2) is 51.4 Å². The summed E-state index contributed by atoms with van der Waals surface area (Å²) in [4.78, 5) is 28.7. The van der Waals surface area contributed by atoms with E-state index in [1.165, 1.54) is 24.1 Å². The molecule has 1 unspecified atom stereocenters. The number of methoxy groups -OCH3 is 1. The molecule has 0 heterocycles. The normalized spacial score (nSPS) is 12.0. The summed E-state index contributed by atoms with van der Waals surface area (Å²) in [5.74, 6) is -0.526. The summed E-state index contributed by atoms with van der Waals surface area (Å²) >= 11 is 12.9. The highest BCUT2D eigenvalue weighted by Crippen LogP contribution is 2.30. The van der Waals surface area contributed by atoms with E-state index in [0.717, 1.165) is 9.87 Å². The largest absolute Gasteiger partial charge is 0.497 e. The number of hydrogen-bond donors (Lipinski definition) is 1. The van der Waals surface area contributed by atoms with Crippen LogP contribution in [0, 0.1) is 6.92 Å². The molecule has 1 N–H and O–H groups in total. The monoisotopic (exact) mass is 619 g/mol. The first kappa shape index (κ1) is 32.2. The second-order valence-corrected chi connectivity index (χ2v) is 12.1. The van der Waals surface area contributed by atoms with Gasteiger partial charge in [-0.25, -0.2) is 8.42 Å². The molecule has 3 rings (SSSR count). The Hall–Kier alpha value is -3.27. The summed E-state index contributed by atoms with van der Waals surface area (Å²) in [6.45, 7) is 5.33. The first-order valence-electron chi connectivity index (χ1n) is 13.3. The number of hydrogen-bond acceptors (Lipinski definition) is 5. The number of anilines is 1. The molecule has 0 spiro atoms. The summed E-state index contributed by atoms with van der Waals surface area (Å²) in [7, 11) is -2.73. The zero-order valence-corrected chi connectivity index (χ0v) is 25.9. The fraction of sp³-hybridized carbons (Fsp3) is 0.333. The van der Waals surface area contributed by atoms with Crippen molar-refractivity contribution in [3.05, 3.63) is 87.9 Å². The standard InChI is InChI=1S/C30H35Cl2N3O5S/c1-5-17-33-30(37)28(6-2)34(19-25-26(31)11-8-12-27(25)32)29(36)20-35(22-9-7-10-23(18-22)40-4)41(38,39)24-15-13-21(3)14-16-24/h7-16,18,28H,5-6,17,19-20H2,1-4H3,(H,33,37). The number of nitrogens with one attached hydrogen (secondary N) is 1. The molecular weight excluding hydrogens is 585 g/mol. The zero-order valence-electron chi connectivity index (χ0n) is 23.6. The molecule has 0 aromatic heterocycles. The number of amides is 2. The SMILES string of the molecule is CCCNC(=O)C(CC)N(Cc1c(Cl)cccc1Cl)C(=O)CN(c1cccc(OC)c1)S(=O)(=O)c1ccc(C)cc1. The molecule has 3 aromatic rings. The Morgan fingerprint density at radius 1 is 0.976 bits per heavy atom. The summed E-state index contributed by atoms with van der Waals surface area (Å²) in [5.41, 5.74) is 1.58. The van der Waals surface area contributed by atoms with Crippen LogP contribution in [0.2, 0.25) is 10.0 Å². The van der Waals surface area contributed by atoms with Crippen molar-refractivity contribution in [2.45, 2.75) is 51.1 Å². The van der Waals surface area contributed by atoms with Crippen LogP contribution in [0.5, 0.6) is 5.75 Å². The van der Waals surface area contributed by atoms with Crippen molar-refractivity contribution in [1.82, 2.24) is 10.2 Å². The average Bonchev–Trinajstić information content (AvgIpc) is 2.96.